The van der Waals surface area contributed by atoms with E-state index in [1.54, 1.807) is 6.92 Å². The molecule has 7 rings (SSSR count). The maximum atomic E-state index is 14.1. The predicted molar refractivity (Wildman–Crippen MR) is 216 cm³/mol. The molecular weight excluding hydrogens is 792 g/mol. The molecule has 6 aliphatic rings. The number of fused-ring (bicyclic) bond motifs is 5. The Morgan fingerprint density at radius 3 is 2.20 bits per heavy atom. The van der Waals surface area contributed by atoms with E-state index in [4.69, 9.17) is 28.4 Å². The Balaban J connectivity index is 1.19. The minimum atomic E-state index is -1.68. The molecule has 0 amide bonds. The number of phenolic OH excluding ortho intramolecular Hbond substituents is 1. The summed E-state index contributed by atoms with van der Waals surface area (Å²) in [7, 11) is 0. The molecule has 3 saturated carbocycles. The topological polar surface area (TPSA) is 228 Å². The SMILES string of the molecule is CC(=O)O[C@H]1[C@@H](O[C@H]2C[C@H]3[C@@H]4CC=C5C[C@@H](O)CC[C@]5(C)[C@H]4CC[C@]3(C)[C@@]2(O)[C@H](C)C(=O)CCC(C)C)OC[C@H](O)[C@@H]1O[C@H]1OC[C@H](O)[C@@H](O)[C@@H]1OC(=O)c1ccc(O)cc1. The fraction of sp³-hybridized carbons (Fsp3) is 0.761. The van der Waals surface area contributed by atoms with E-state index in [1.807, 2.05) is 13.8 Å². The number of aromatic hydroxyl groups is 1. The van der Waals surface area contributed by atoms with E-state index < -0.39 is 90.8 Å². The first-order valence-electron chi connectivity index (χ1n) is 22.2. The number of ketones is 1. The second-order valence-corrected chi connectivity index (χ2v) is 19.5. The Morgan fingerprint density at radius 2 is 1.52 bits per heavy atom. The van der Waals surface area contributed by atoms with Crippen LogP contribution in [0.3, 0.4) is 0 Å². The number of ether oxygens (including phenoxy) is 6. The van der Waals surface area contributed by atoms with Crippen molar-refractivity contribution < 1.29 is 73.4 Å². The normalized spacial score (nSPS) is 42.7. The van der Waals surface area contributed by atoms with Gasteiger partial charge in [-0.05, 0) is 105 Å². The summed E-state index contributed by atoms with van der Waals surface area (Å²) in [5.41, 5.74) is -1.20. The molecule has 5 fully saturated rings. The molecule has 6 N–H and O–H groups in total. The van der Waals surface area contributed by atoms with Crippen LogP contribution >= 0.6 is 0 Å². The van der Waals surface area contributed by atoms with Crippen molar-refractivity contribution in [3.05, 3.63) is 41.5 Å². The van der Waals surface area contributed by atoms with Crippen LogP contribution in [0.5, 0.6) is 5.75 Å². The van der Waals surface area contributed by atoms with Gasteiger partial charge in [-0.1, -0.05) is 46.3 Å². The monoisotopic (exact) mass is 858 g/mol. The summed E-state index contributed by atoms with van der Waals surface area (Å²) >= 11 is 0. The van der Waals surface area contributed by atoms with Crippen LogP contribution in [0.25, 0.3) is 0 Å². The molecular formula is C46H66O15. The van der Waals surface area contributed by atoms with Crippen LogP contribution in [0.1, 0.15) is 110 Å². The Bertz CT molecular complexity index is 1780. The number of Topliss-reactive ketones (excluding diaryl/α,β-unsaturated/α-hetero) is 1. The zero-order valence-electron chi connectivity index (χ0n) is 36.2. The molecule has 61 heavy (non-hydrogen) atoms. The Morgan fingerprint density at radius 1 is 0.852 bits per heavy atom. The summed E-state index contributed by atoms with van der Waals surface area (Å²) in [6, 6.07) is 5.18. The van der Waals surface area contributed by atoms with Gasteiger partial charge in [-0.2, -0.15) is 0 Å². The molecule has 0 spiro atoms. The third kappa shape index (κ3) is 8.55. The lowest BCUT2D eigenvalue weighted by atomic mass is 9.46. The number of allylic oxidation sites excluding steroid dienone is 1. The summed E-state index contributed by atoms with van der Waals surface area (Å²) in [5.74, 6) is -2.00. The van der Waals surface area contributed by atoms with Crippen molar-refractivity contribution in [3.63, 3.8) is 0 Å². The minimum absolute atomic E-state index is 0.0269. The minimum Gasteiger partial charge on any atom is -0.508 e. The number of hydrogen-bond acceptors (Lipinski definition) is 15. The number of benzene rings is 1. The second-order valence-electron chi connectivity index (χ2n) is 19.5. The lowest BCUT2D eigenvalue weighted by molar-refractivity contribution is -0.345. The molecule has 0 radical (unpaired) electrons. The molecule has 0 aromatic heterocycles. The van der Waals surface area contributed by atoms with Gasteiger partial charge in [0.1, 0.15) is 41.5 Å². The van der Waals surface area contributed by atoms with Gasteiger partial charge < -0.3 is 59.1 Å². The van der Waals surface area contributed by atoms with Crippen molar-refractivity contribution in [2.45, 2.75) is 166 Å². The molecule has 17 atom stereocenters. The van der Waals surface area contributed by atoms with E-state index in [1.165, 1.54) is 36.8 Å². The lowest BCUT2D eigenvalue weighted by Gasteiger charge is -2.59. The Labute approximate surface area is 357 Å². The largest absolute Gasteiger partial charge is 0.508 e. The molecule has 0 bridgehead atoms. The highest BCUT2D eigenvalue weighted by molar-refractivity contribution is 5.89. The highest BCUT2D eigenvalue weighted by Crippen LogP contribution is 2.69. The van der Waals surface area contributed by atoms with Gasteiger partial charge in [-0.15, -0.1) is 0 Å². The first-order chi connectivity index (χ1) is 28.8. The third-order valence-corrected chi connectivity index (χ3v) is 15.5. The number of carbonyl (C=O) groups is 3. The smallest absolute Gasteiger partial charge is 0.338 e. The second kappa shape index (κ2) is 17.9. The molecule has 2 saturated heterocycles. The zero-order chi connectivity index (χ0) is 44.2. The van der Waals surface area contributed by atoms with Crippen LogP contribution < -0.4 is 0 Å². The Hall–Kier alpha value is -2.99. The van der Waals surface area contributed by atoms with Gasteiger partial charge in [0, 0.05) is 24.7 Å². The van der Waals surface area contributed by atoms with Crippen molar-refractivity contribution in [1.29, 1.82) is 0 Å². The lowest BCUT2D eigenvalue weighted by Crippen LogP contribution is -2.64. The fourth-order valence-electron chi connectivity index (χ4n) is 12.0. The van der Waals surface area contributed by atoms with Gasteiger partial charge in [-0.3, -0.25) is 9.59 Å². The third-order valence-electron chi connectivity index (χ3n) is 15.5. The molecule has 2 heterocycles. The first-order valence-corrected chi connectivity index (χ1v) is 22.2. The molecule has 15 heteroatoms. The standard InChI is InChI=1S/C46H66O15/c1-23(2)7-14-33(50)24(3)46(55)36(20-32-30-13-10-27-19-29(49)15-17-44(27,5)31(30)16-18-45(32,46)6)59-43-40(58-25(4)47)38(35(52)22-57-43)61-42-39(37(53)34(51)21-56-42)60-41(54)26-8-11-28(48)12-9-26/h8-12,23-24,29-32,34-40,42-43,48-49,51-53,55H,7,13-22H2,1-6H3/t24-,29+,30-,31+,32+,34+,35+,36+,37-,38+,39+,40-,42-,43-,44+,45+,46-/m1/s1. The average Bonchev–Trinajstić information content (AvgIpc) is 3.44. The van der Waals surface area contributed by atoms with E-state index in [9.17, 15) is 45.0 Å². The van der Waals surface area contributed by atoms with E-state index in [0.29, 0.717) is 31.6 Å². The molecule has 1 aromatic carbocycles. The van der Waals surface area contributed by atoms with Gasteiger partial charge in [0.05, 0.1) is 31.0 Å². The van der Waals surface area contributed by atoms with Crippen LogP contribution in [-0.4, -0.2) is 129 Å². The van der Waals surface area contributed by atoms with Crippen LogP contribution in [-0.2, 0) is 38.0 Å². The number of aliphatic hydroxyl groups is 5. The van der Waals surface area contributed by atoms with Gasteiger partial charge >= 0.3 is 11.9 Å². The fourth-order valence-corrected chi connectivity index (χ4v) is 12.0. The summed E-state index contributed by atoms with van der Waals surface area (Å²) in [6.45, 7) is 10.6. The molecule has 4 aliphatic carbocycles. The van der Waals surface area contributed by atoms with Crippen LogP contribution in [0.2, 0.25) is 0 Å². The predicted octanol–water partition coefficient (Wildman–Crippen LogP) is 3.72. The maximum absolute atomic E-state index is 14.1. The highest BCUT2D eigenvalue weighted by atomic mass is 16.8. The van der Waals surface area contributed by atoms with Crippen LogP contribution in [0.15, 0.2) is 35.9 Å². The molecule has 340 valence electrons. The quantitative estimate of drug-likeness (QED) is 0.130. The van der Waals surface area contributed by atoms with Gasteiger partial charge in [0.25, 0.3) is 0 Å². The molecule has 2 aliphatic heterocycles. The first kappa shape index (κ1) is 46.0. The summed E-state index contributed by atoms with van der Waals surface area (Å²) < 4.78 is 36.3. The number of hydrogen-bond donors (Lipinski definition) is 6. The molecule has 0 unspecified atom stereocenters. The summed E-state index contributed by atoms with van der Waals surface area (Å²) in [6.07, 6.45) is -5.34. The molecule has 1 aromatic rings. The van der Waals surface area contributed by atoms with Crippen molar-refractivity contribution in [1.82, 2.24) is 0 Å². The van der Waals surface area contributed by atoms with E-state index in [2.05, 4.69) is 19.9 Å². The van der Waals surface area contributed by atoms with E-state index in [-0.39, 0.29) is 59.4 Å². The highest BCUT2D eigenvalue weighted by Gasteiger charge is 2.70. The van der Waals surface area contributed by atoms with Crippen molar-refractivity contribution in [2.24, 2.45) is 40.4 Å². The van der Waals surface area contributed by atoms with Gasteiger partial charge in [0.15, 0.2) is 24.8 Å². The number of phenols is 1. The Kier molecular flexibility index (Phi) is 13.5. The van der Waals surface area contributed by atoms with E-state index in [0.717, 1.165) is 25.7 Å². The summed E-state index contributed by atoms with van der Waals surface area (Å²) in [4.78, 5) is 40.1. The van der Waals surface area contributed by atoms with E-state index >= 15 is 0 Å². The number of carbonyl (C=O) groups excluding carboxylic acids is 3. The molecule has 15 nitrogen and oxygen atoms in total. The number of esters is 2. The number of aliphatic hydroxyl groups excluding tert-OH is 4. The van der Waals surface area contributed by atoms with Crippen LogP contribution in [0, 0.1) is 40.4 Å². The van der Waals surface area contributed by atoms with Crippen molar-refractivity contribution in [2.75, 3.05) is 13.2 Å². The van der Waals surface area contributed by atoms with Gasteiger partial charge in [0.2, 0.25) is 0 Å². The summed E-state index contributed by atoms with van der Waals surface area (Å²) in [5, 5.41) is 66.6. The van der Waals surface area contributed by atoms with Crippen LogP contribution in [0.4, 0.5) is 0 Å². The van der Waals surface area contributed by atoms with Gasteiger partial charge in [-0.25, -0.2) is 4.79 Å². The zero-order valence-corrected chi connectivity index (χ0v) is 36.2. The number of rotatable bonds is 12. The maximum Gasteiger partial charge on any atom is 0.338 e. The average molecular weight is 859 g/mol. The van der Waals surface area contributed by atoms with Crippen molar-refractivity contribution >= 4 is 17.7 Å². The van der Waals surface area contributed by atoms with Crippen molar-refractivity contribution in [3.8, 4) is 5.75 Å².